The first-order valence-electron chi connectivity index (χ1n) is 9.52. The van der Waals surface area contributed by atoms with Gasteiger partial charge in [0, 0.05) is 36.3 Å². The second kappa shape index (κ2) is 8.30. The Morgan fingerprint density at radius 2 is 1.75 bits per heavy atom. The number of amides is 2. The lowest BCUT2D eigenvalue weighted by Gasteiger charge is -2.18. The number of nitrogens with zero attached hydrogens (tertiary/aromatic N) is 1. The first-order chi connectivity index (χ1) is 13.3. The van der Waals surface area contributed by atoms with E-state index in [1.165, 1.54) is 4.90 Å². The van der Waals surface area contributed by atoms with Crippen LogP contribution in [0.2, 0.25) is 0 Å². The van der Waals surface area contributed by atoms with Crippen molar-refractivity contribution in [1.29, 1.82) is 0 Å². The highest BCUT2D eigenvalue weighted by Crippen LogP contribution is 2.22. The van der Waals surface area contributed by atoms with Crippen LogP contribution in [-0.4, -0.2) is 35.3 Å². The molecule has 0 fully saturated rings. The molecule has 146 valence electrons. The lowest BCUT2D eigenvalue weighted by Crippen LogP contribution is -2.35. The monoisotopic (exact) mass is 377 g/mol. The van der Waals surface area contributed by atoms with Crippen molar-refractivity contribution >= 4 is 28.4 Å². The van der Waals surface area contributed by atoms with Gasteiger partial charge < -0.3 is 15.2 Å². The summed E-state index contributed by atoms with van der Waals surface area (Å²) in [5, 5.41) is 4.09. The standard InChI is InChI=1S/C23H27N3O2/c1-15-11-16(2)23(17(3)12-15)25-21(27)14-26(4)22(28)10-9-18-13-24-20-8-6-5-7-19(18)20/h5-8,11-13,24H,9-10,14H2,1-4H3,(H,25,27). The van der Waals surface area contributed by atoms with Crippen molar-refractivity contribution in [2.45, 2.75) is 33.6 Å². The molecule has 2 N–H and O–H groups in total. The van der Waals surface area contributed by atoms with E-state index in [0.717, 1.165) is 38.8 Å². The highest BCUT2D eigenvalue weighted by atomic mass is 16.2. The first kappa shape index (κ1) is 19.7. The average Bonchev–Trinajstić information content (AvgIpc) is 3.05. The van der Waals surface area contributed by atoms with Crippen LogP contribution >= 0.6 is 0 Å². The Morgan fingerprint density at radius 1 is 1.07 bits per heavy atom. The minimum absolute atomic E-state index is 0.0411. The molecular formula is C23H27N3O2. The predicted octanol–water partition coefficient (Wildman–Crippen LogP) is 4.12. The first-order valence-corrected chi connectivity index (χ1v) is 9.52. The molecule has 5 heteroatoms. The van der Waals surface area contributed by atoms with Gasteiger partial charge in [-0.15, -0.1) is 0 Å². The number of benzene rings is 2. The third-order valence-electron chi connectivity index (χ3n) is 5.03. The molecule has 1 aromatic heterocycles. The van der Waals surface area contributed by atoms with Crippen LogP contribution in [0.4, 0.5) is 5.69 Å². The molecular weight excluding hydrogens is 350 g/mol. The molecule has 2 aromatic carbocycles. The molecule has 0 atom stereocenters. The number of nitrogens with one attached hydrogen (secondary N) is 2. The molecule has 0 aliphatic rings. The van der Waals surface area contributed by atoms with Crippen LogP contribution in [-0.2, 0) is 16.0 Å². The maximum atomic E-state index is 12.5. The second-order valence-corrected chi connectivity index (χ2v) is 7.43. The number of carbonyl (C=O) groups excluding carboxylic acids is 2. The van der Waals surface area contributed by atoms with E-state index in [1.54, 1.807) is 7.05 Å². The molecule has 2 amide bonds. The Balaban J connectivity index is 1.56. The third kappa shape index (κ3) is 4.42. The molecule has 0 saturated heterocycles. The molecule has 0 unspecified atom stereocenters. The summed E-state index contributed by atoms with van der Waals surface area (Å²) < 4.78 is 0. The number of aryl methyl sites for hydroxylation is 4. The molecule has 0 aliphatic heterocycles. The lowest BCUT2D eigenvalue weighted by molar-refractivity contribution is -0.133. The normalized spacial score (nSPS) is 10.9. The van der Waals surface area contributed by atoms with Crippen molar-refractivity contribution in [3.05, 3.63) is 64.8 Å². The van der Waals surface area contributed by atoms with Crippen LogP contribution < -0.4 is 5.32 Å². The van der Waals surface area contributed by atoms with Gasteiger partial charge in [0.05, 0.1) is 6.54 Å². The summed E-state index contributed by atoms with van der Waals surface area (Å²) in [6.45, 7) is 6.03. The largest absolute Gasteiger partial charge is 0.361 e. The SMILES string of the molecule is Cc1cc(C)c(NC(=O)CN(C)C(=O)CCc2c[nH]c3ccccc23)c(C)c1. The van der Waals surface area contributed by atoms with Gasteiger partial charge in [0.1, 0.15) is 0 Å². The lowest BCUT2D eigenvalue weighted by atomic mass is 10.1. The van der Waals surface area contributed by atoms with Crippen molar-refractivity contribution in [1.82, 2.24) is 9.88 Å². The van der Waals surface area contributed by atoms with Crippen LogP contribution in [0.25, 0.3) is 10.9 Å². The zero-order chi connectivity index (χ0) is 20.3. The van der Waals surface area contributed by atoms with Crippen LogP contribution in [0.15, 0.2) is 42.6 Å². The van der Waals surface area contributed by atoms with Crippen LogP contribution in [0.5, 0.6) is 0 Å². The van der Waals surface area contributed by atoms with Gasteiger partial charge in [-0.3, -0.25) is 9.59 Å². The number of H-pyrrole nitrogens is 1. The van der Waals surface area contributed by atoms with Gasteiger partial charge >= 0.3 is 0 Å². The van der Waals surface area contributed by atoms with Gasteiger partial charge in [0.15, 0.2) is 0 Å². The minimum Gasteiger partial charge on any atom is -0.361 e. The molecule has 0 radical (unpaired) electrons. The van der Waals surface area contributed by atoms with Crippen molar-refractivity contribution in [3.63, 3.8) is 0 Å². The molecule has 3 aromatic rings. The van der Waals surface area contributed by atoms with Gasteiger partial charge in [0.2, 0.25) is 11.8 Å². The topological polar surface area (TPSA) is 65.2 Å². The third-order valence-corrected chi connectivity index (χ3v) is 5.03. The second-order valence-electron chi connectivity index (χ2n) is 7.43. The predicted molar refractivity (Wildman–Crippen MR) is 114 cm³/mol. The number of fused-ring (bicyclic) bond motifs is 1. The van der Waals surface area contributed by atoms with Gasteiger partial charge in [-0.2, -0.15) is 0 Å². The number of anilines is 1. The molecule has 0 aliphatic carbocycles. The number of hydrogen-bond acceptors (Lipinski definition) is 2. The van der Waals surface area contributed by atoms with E-state index in [0.29, 0.717) is 12.8 Å². The quantitative estimate of drug-likeness (QED) is 0.678. The van der Waals surface area contributed by atoms with E-state index < -0.39 is 0 Å². The van der Waals surface area contributed by atoms with Crippen molar-refractivity contribution in [2.24, 2.45) is 0 Å². The number of hydrogen-bond donors (Lipinski definition) is 2. The fourth-order valence-corrected chi connectivity index (χ4v) is 3.63. The Bertz CT molecular complexity index is 997. The van der Waals surface area contributed by atoms with E-state index >= 15 is 0 Å². The van der Waals surface area contributed by atoms with Gasteiger partial charge in [-0.05, 0) is 49.9 Å². The fraction of sp³-hybridized carbons (Fsp3) is 0.304. The molecule has 1 heterocycles. The number of para-hydroxylation sites is 1. The Labute approximate surface area is 165 Å². The summed E-state index contributed by atoms with van der Waals surface area (Å²) in [7, 11) is 1.67. The molecule has 28 heavy (non-hydrogen) atoms. The summed E-state index contributed by atoms with van der Waals surface area (Å²) in [6.07, 6.45) is 2.97. The average molecular weight is 377 g/mol. The summed E-state index contributed by atoms with van der Waals surface area (Å²) in [5.74, 6) is -0.226. The van der Waals surface area contributed by atoms with Crippen LogP contribution in [0.3, 0.4) is 0 Å². The number of aromatic amines is 1. The van der Waals surface area contributed by atoms with Crippen LogP contribution in [0, 0.1) is 20.8 Å². The van der Waals surface area contributed by atoms with E-state index in [2.05, 4.69) is 16.4 Å². The summed E-state index contributed by atoms with van der Waals surface area (Å²) in [4.78, 5) is 29.6. The molecule has 0 spiro atoms. The highest BCUT2D eigenvalue weighted by Gasteiger charge is 2.15. The maximum Gasteiger partial charge on any atom is 0.243 e. The molecule has 5 nitrogen and oxygen atoms in total. The molecule has 0 bridgehead atoms. The summed E-state index contributed by atoms with van der Waals surface area (Å²) >= 11 is 0. The maximum absolute atomic E-state index is 12.5. The van der Waals surface area contributed by atoms with Gasteiger partial charge in [0.25, 0.3) is 0 Å². The van der Waals surface area contributed by atoms with Crippen molar-refractivity contribution in [2.75, 3.05) is 18.9 Å². The number of carbonyl (C=O) groups is 2. The van der Waals surface area contributed by atoms with Gasteiger partial charge in [-0.25, -0.2) is 0 Å². The number of likely N-dealkylation sites (N-methyl/N-ethyl adjacent to an activating group) is 1. The Hall–Kier alpha value is -3.08. The zero-order valence-electron chi connectivity index (χ0n) is 16.9. The van der Waals surface area contributed by atoms with E-state index in [-0.39, 0.29) is 18.4 Å². The molecule has 0 saturated carbocycles. The van der Waals surface area contributed by atoms with E-state index in [1.807, 2.05) is 57.3 Å². The summed E-state index contributed by atoms with van der Waals surface area (Å²) in [5.41, 5.74) is 6.24. The highest BCUT2D eigenvalue weighted by molar-refractivity contribution is 5.95. The van der Waals surface area contributed by atoms with E-state index in [9.17, 15) is 9.59 Å². The number of rotatable bonds is 6. The van der Waals surface area contributed by atoms with Crippen molar-refractivity contribution in [3.8, 4) is 0 Å². The smallest absolute Gasteiger partial charge is 0.243 e. The Morgan fingerprint density at radius 3 is 2.46 bits per heavy atom. The van der Waals surface area contributed by atoms with Crippen LogP contribution in [0.1, 0.15) is 28.7 Å². The van der Waals surface area contributed by atoms with E-state index in [4.69, 9.17) is 0 Å². The number of aromatic nitrogens is 1. The minimum atomic E-state index is -0.182. The molecule has 3 rings (SSSR count). The van der Waals surface area contributed by atoms with Gasteiger partial charge in [-0.1, -0.05) is 35.9 Å². The van der Waals surface area contributed by atoms with Crippen molar-refractivity contribution < 1.29 is 9.59 Å². The summed E-state index contributed by atoms with van der Waals surface area (Å²) in [6, 6.07) is 12.1. The fourth-order valence-electron chi connectivity index (χ4n) is 3.63. The zero-order valence-corrected chi connectivity index (χ0v) is 16.9. The Kier molecular flexibility index (Phi) is 5.83.